The van der Waals surface area contributed by atoms with Gasteiger partial charge in [0.2, 0.25) is 0 Å². The lowest BCUT2D eigenvalue weighted by Gasteiger charge is -2.40. The minimum Gasteiger partial charge on any atom is -0.494 e. The van der Waals surface area contributed by atoms with Crippen LogP contribution in [0.5, 0.6) is 11.5 Å². The van der Waals surface area contributed by atoms with Gasteiger partial charge in [-0.2, -0.15) is 0 Å². The molecule has 0 aliphatic carbocycles. The normalized spacial score (nSPS) is 17.8. The van der Waals surface area contributed by atoms with Gasteiger partial charge in [-0.25, -0.2) is 0 Å². The number of piperidine rings is 1. The highest BCUT2D eigenvalue weighted by Gasteiger charge is 2.33. The molecule has 1 fully saturated rings. The van der Waals surface area contributed by atoms with Crippen LogP contribution in [0.15, 0.2) is 66.7 Å². The van der Waals surface area contributed by atoms with Crippen LogP contribution in [0.4, 0.5) is 5.69 Å². The highest BCUT2D eigenvalue weighted by molar-refractivity contribution is 5.95. The molecular weight excluding hydrogens is 424 g/mol. The van der Waals surface area contributed by atoms with E-state index in [1.807, 2.05) is 50.2 Å². The summed E-state index contributed by atoms with van der Waals surface area (Å²) in [6, 6.07) is 22.6. The van der Waals surface area contributed by atoms with Crippen molar-refractivity contribution in [3.8, 4) is 11.5 Å². The summed E-state index contributed by atoms with van der Waals surface area (Å²) in [5, 5.41) is 3.67. The number of para-hydroxylation sites is 1. The second-order valence-corrected chi connectivity index (χ2v) is 9.12. The number of hydrogen-bond acceptors (Lipinski definition) is 4. The number of carbonyl (C=O) groups is 1. The van der Waals surface area contributed by atoms with Gasteiger partial charge in [0, 0.05) is 24.2 Å². The van der Waals surface area contributed by atoms with Crippen molar-refractivity contribution in [3.05, 3.63) is 89.0 Å². The zero-order chi connectivity index (χ0) is 24.1. The maximum absolute atomic E-state index is 13.6. The second-order valence-electron chi connectivity index (χ2n) is 9.12. The van der Waals surface area contributed by atoms with E-state index in [2.05, 4.69) is 40.5 Å². The summed E-state index contributed by atoms with van der Waals surface area (Å²) in [6.07, 6.45) is 2.51. The van der Waals surface area contributed by atoms with Gasteiger partial charge in [0.1, 0.15) is 17.2 Å². The average molecular weight is 459 g/mol. The number of nitrogens with one attached hydrogen (secondary N) is 1. The van der Waals surface area contributed by atoms with Gasteiger partial charge in [0.05, 0.1) is 14.2 Å². The van der Waals surface area contributed by atoms with Gasteiger partial charge in [-0.15, -0.1) is 0 Å². The molecule has 1 N–H and O–H groups in total. The molecule has 34 heavy (non-hydrogen) atoms. The largest absolute Gasteiger partial charge is 0.494 e. The highest BCUT2D eigenvalue weighted by atomic mass is 16.5. The predicted octanol–water partition coefficient (Wildman–Crippen LogP) is 5.65. The molecule has 4 rings (SSSR count). The minimum absolute atomic E-state index is 0.0858. The van der Waals surface area contributed by atoms with Gasteiger partial charge in [0.25, 0.3) is 5.91 Å². The molecule has 2 atom stereocenters. The molecule has 0 spiro atoms. The Labute approximate surface area is 202 Å². The minimum atomic E-state index is 0.0858. The Morgan fingerprint density at radius 1 is 0.941 bits per heavy atom. The fraction of sp³-hybridized carbons (Fsp3) is 0.345. The summed E-state index contributed by atoms with van der Waals surface area (Å²) in [6.45, 7) is 4.78. The number of rotatable bonds is 7. The Hall–Kier alpha value is -3.47. The number of benzene rings is 3. The fourth-order valence-electron chi connectivity index (χ4n) is 4.99. The van der Waals surface area contributed by atoms with Gasteiger partial charge in [0.15, 0.2) is 0 Å². The third kappa shape index (κ3) is 5.36. The summed E-state index contributed by atoms with van der Waals surface area (Å²) in [7, 11) is 3.34. The van der Waals surface area contributed by atoms with Crippen molar-refractivity contribution in [1.82, 2.24) is 4.90 Å². The lowest BCUT2D eigenvalue weighted by molar-refractivity contribution is 0.0602. The number of nitrogens with zero attached hydrogens (tertiary/aromatic N) is 1. The van der Waals surface area contributed by atoms with Crippen LogP contribution in [0.3, 0.4) is 0 Å². The standard InChI is InChI=1S/C29H34N2O3/c1-20-15-21(2)17-23(16-20)29(32)31-14-13-24(19-25(31)18-22-9-6-5-7-10-22)30-28-26(33-3)11-8-12-27(28)34-4/h5-12,15-17,24-25,30H,13-14,18-19H2,1-4H3/t24-,25+/m0/s1. The molecule has 178 valence electrons. The first kappa shape index (κ1) is 23.7. The maximum Gasteiger partial charge on any atom is 0.254 e. The van der Waals surface area contributed by atoms with E-state index >= 15 is 0 Å². The van der Waals surface area contributed by atoms with Gasteiger partial charge in [-0.05, 0) is 62.9 Å². The van der Waals surface area contributed by atoms with Crippen molar-refractivity contribution in [2.45, 2.75) is 45.2 Å². The summed E-state index contributed by atoms with van der Waals surface area (Å²) in [5.41, 5.74) is 5.10. The smallest absolute Gasteiger partial charge is 0.254 e. The summed E-state index contributed by atoms with van der Waals surface area (Å²) >= 11 is 0. The Kier molecular flexibility index (Phi) is 7.41. The number of hydrogen-bond donors (Lipinski definition) is 1. The SMILES string of the molecule is COc1cccc(OC)c1N[C@H]1CCN(C(=O)c2cc(C)cc(C)c2)[C@H](Cc2ccccc2)C1. The van der Waals surface area contributed by atoms with Crippen LogP contribution in [0, 0.1) is 13.8 Å². The molecule has 1 amide bonds. The number of anilines is 1. The van der Waals surface area contributed by atoms with E-state index in [1.165, 1.54) is 5.56 Å². The first-order valence-electron chi connectivity index (χ1n) is 11.9. The molecule has 0 unspecified atom stereocenters. The molecule has 1 saturated heterocycles. The topological polar surface area (TPSA) is 50.8 Å². The summed E-state index contributed by atoms with van der Waals surface area (Å²) in [4.78, 5) is 15.7. The quantitative estimate of drug-likeness (QED) is 0.497. The molecule has 0 saturated carbocycles. The van der Waals surface area contributed by atoms with E-state index in [9.17, 15) is 4.79 Å². The van der Waals surface area contributed by atoms with E-state index in [0.717, 1.165) is 53.1 Å². The summed E-state index contributed by atoms with van der Waals surface area (Å²) in [5.74, 6) is 1.63. The second kappa shape index (κ2) is 10.6. The summed E-state index contributed by atoms with van der Waals surface area (Å²) < 4.78 is 11.2. The van der Waals surface area contributed by atoms with Crippen LogP contribution >= 0.6 is 0 Å². The van der Waals surface area contributed by atoms with Crippen LogP contribution in [0.25, 0.3) is 0 Å². The fourth-order valence-corrected chi connectivity index (χ4v) is 4.99. The van der Waals surface area contributed by atoms with Crippen molar-refractivity contribution in [3.63, 3.8) is 0 Å². The van der Waals surface area contributed by atoms with E-state index < -0.39 is 0 Å². The number of amides is 1. The van der Waals surface area contributed by atoms with Gasteiger partial charge in [-0.1, -0.05) is 53.6 Å². The van der Waals surface area contributed by atoms with E-state index in [1.54, 1.807) is 14.2 Å². The van der Waals surface area contributed by atoms with Crippen molar-refractivity contribution >= 4 is 11.6 Å². The van der Waals surface area contributed by atoms with Crippen molar-refractivity contribution < 1.29 is 14.3 Å². The lowest BCUT2D eigenvalue weighted by Crippen LogP contribution is -2.50. The monoisotopic (exact) mass is 458 g/mol. The number of aryl methyl sites for hydroxylation is 2. The van der Waals surface area contributed by atoms with Crippen LogP contribution in [-0.4, -0.2) is 43.7 Å². The van der Waals surface area contributed by atoms with Crippen LogP contribution < -0.4 is 14.8 Å². The van der Waals surface area contributed by atoms with Crippen LogP contribution in [0.1, 0.15) is 39.9 Å². The molecule has 3 aromatic rings. The first-order chi connectivity index (χ1) is 16.5. The molecule has 1 aliphatic rings. The Bertz CT molecular complexity index is 1090. The number of ether oxygens (including phenoxy) is 2. The zero-order valence-corrected chi connectivity index (χ0v) is 20.5. The highest BCUT2D eigenvalue weighted by Crippen LogP contribution is 2.36. The number of likely N-dealkylation sites (tertiary alicyclic amines) is 1. The lowest BCUT2D eigenvalue weighted by atomic mass is 9.91. The maximum atomic E-state index is 13.6. The van der Waals surface area contributed by atoms with Crippen molar-refractivity contribution in [2.75, 3.05) is 26.1 Å². The van der Waals surface area contributed by atoms with Crippen LogP contribution in [0.2, 0.25) is 0 Å². The molecule has 1 heterocycles. The molecule has 5 heteroatoms. The van der Waals surface area contributed by atoms with Crippen molar-refractivity contribution in [1.29, 1.82) is 0 Å². The number of methoxy groups -OCH3 is 2. The van der Waals surface area contributed by atoms with Crippen molar-refractivity contribution in [2.24, 2.45) is 0 Å². The predicted molar refractivity (Wildman–Crippen MR) is 137 cm³/mol. The molecule has 3 aromatic carbocycles. The van der Waals surface area contributed by atoms with Crippen LogP contribution in [-0.2, 0) is 6.42 Å². The van der Waals surface area contributed by atoms with Gasteiger partial charge in [-0.3, -0.25) is 4.79 Å². The molecule has 5 nitrogen and oxygen atoms in total. The first-order valence-corrected chi connectivity index (χ1v) is 11.9. The average Bonchev–Trinajstić information content (AvgIpc) is 2.84. The Balaban J connectivity index is 1.59. The molecule has 1 aliphatic heterocycles. The van der Waals surface area contributed by atoms with Gasteiger partial charge < -0.3 is 19.7 Å². The molecule has 0 bridgehead atoms. The van der Waals surface area contributed by atoms with E-state index in [-0.39, 0.29) is 18.0 Å². The van der Waals surface area contributed by atoms with E-state index in [4.69, 9.17) is 9.47 Å². The molecular formula is C29H34N2O3. The van der Waals surface area contributed by atoms with Gasteiger partial charge >= 0.3 is 0 Å². The zero-order valence-electron chi connectivity index (χ0n) is 20.5. The Morgan fingerprint density at radius 2 is 1.59 bits per heavy atom. The molecule has 0 aromatic heterocycles. The number of carbonyl (C=O) groups excluding carboxylic acids is 1. The third-order valence-electron chi connectivity index (χ3n) is 6.54. The van der Waals surface area contributed by atoms with E-state index in [0.29, 0.717) is 6.54 Å². The molecule has 0 radical (unpaired) electrons. The Morgan fingerprint density at radius 3 is 2.21 bits per heavy atom. The third-order valence-corrected chi connectivity index (χ3v) is 6.54.